The highest BCUT2D eigenvalue weighted by Gasteiger charge is 2.59. The van der Waals surface area contributed by atoms with Gasteiger partial charge in [0, 0.05) is 0 Å². The first-order valence-electron chi connectivity index (χ1n) is 7.58. The minimum absolute atomic E-state index is 0.434. The lowest BCUT2D eigenvalue weighted by Gasteiger charge is -2.43. The predicted octanol–water partition coefficient (Wildman–Crippen LogP) is 4.52. The van der Waals surface area contributed by atoms with E-state index in [2.05, 4.69) is 70.3 Å². The van der Waals surface area contributed by atoms with Gasteiger partial charge in [0.2, 0.25) is 0 Å². The Balaban J connectivity index is 2.08. The summed E-state index contributed by atoms with van der Waals surface area (Å²) in [6, 6.07) is 11.2. The molecule has 102 valence electrons. The van der Waals surface area contributed by atoms with E-state index in [-0.39, 0.29) is 0 Å². The second-order valence-corrected chi connectivity index (χ2v) is 12.1. The molecule has 0 aliphatic heterocycles. The zero-order valence-corrected chi connectivity index (χ0v) is 14.0. The largest absolute Gasteiger partial charge is 0.107 e. The fourth-order valence-corrected chi connectivity index (χ4v) is 8.38. The standard InChI is InChI=1S/C18H26Si/c1-17(2)14-11-12-18(17,3)16(13-14)19(4,5)15-9-7-6-8-10-15/h6-10,13-14H,11-12H2,1-5H3/t14-,18+/m0/s1. The third-order valence-corrected chi connectivity index (χ3v) is 10.3. The van der Waals surface area contributed by atoms with Crippen molar-refractivity contribution in [3.8, 4) is 0 Å². The first kappa shape index (κ1) is 13.2. The van der Waals surface area contributed by atoms with E-state index in [0.717, 1.165) is 5.92 Å². The van der Waals surface area contributed by atoms with E-state index in [9.17, 15) is 0 Å². The Labute approximate surface area is 118 Å². The van der Waals surface area contributed by atoms with Crippen LogP contribution in [0.15, 0.2) is 41.6 Å². The van der Waals surface area contributed by atoms with Crippen molar-refractivity contribution in [2.45, 2.75) is 46.7 Å². The maximum Gasteiger partial charge on any atom is 0.107 e. The zero-order chi connectivity index (χ0) is 13.9. The summed E-state index contributed by atoms with van der Waals surface area (Å²) in [5.74, 6) is 0.808. The molecule has 0 aromatic heterocycles. The van der Waals surface area contributed by atoms with E-state index >= 15 is 0 Å². The summed E-state index contributed by atoms with van der Waals surface area (Å²) >= 11 is 0. The molecule has 19 heavy (non-hydrogen) atoms. The number of benzene rings is 1. The molecule has 0 saturated heterocycles. The van der Waals surface area contributed by atoms with Gasteiger partial charge < -0.3 is 0 Å². The normalized spacial score (nSPS) is 32.5. The van der Waals surface area contributed by atoms with Crippen LogP contribution in [0.25, 0.3) is 0 Å². The molecule has 3 rings (SSSR count). The Morgan fingerprint density at radius 1 is 1.05 bits per heavy atom. The molecule has 1 heteroatoms. The quantitative estimate of drug-likeness (QED) is 0.693. The van der Waals surface area contributed by atoms with Crippen LogP contribution < -0.4 is 5.19 Å². The van der Waals surface area contributed by atoms with Crippen molar-refractivity contribution < 1.29 is 0 Å². The van der Waals surface area contributed by atoms with Gasteiger partial charge in [-0.3, -0.25) is 0 Å². The molecule has 2 atom stereocenters. The third-order valence-electron chi connectivity index (χ3n) is 6.44. The van der Waals surface area contributed by atoms with Crippen LogP contribution in [0.4, 0.5) is 0 Å². The molecule has 2 aliphatic rings. The fraction of sp³-hybridized carbons (Fsp3) is 0.556. The van der Waals surface area contributed by atoms with Crippen molar-refractivity contribution >= 4 is 13.3 Å². The van der Waals surface area contributed by atoms with Crippen LogP contribution in [0.5, 0.6) is 0 Å². The zero-order valence-electron chi connectivity index (χ0n) is 13.0. The Morgan fingerprint density at radius 2 is 1.68 bits per heavy atom. The number of rotatable bonds is 2. The lowest BCUT2D eigenvalue weighted by molar-refractivity contribution is 0.177. The Morgan fingerprint density at radius 3 is 2.16 bits per heavy atom. The smallest absolute Gasteiger partial charge is 0.0846 e. The van der Waals surface area contributed by atoms with Gasteiger partial charge in [-0.1, -0.05) is 80.7 Å². The lowest BCUT2D eigenvalue weighted by atomic mass is 9.70. The van der Waals surface area contributed by atoms with Gasteiger partial charge >= 0.3 is 0 Å². The van der Waals surface area contributed by atoms with E-state index in [0.29, 0.717) is 10.8 Å². The molecule has 0 N–H and O–H groups in total. The minimum atomic E-state index is -1.50. The second kappa shape index (κ2) is 3.85. The van der Waals surface area contributed by atoms with Gasteiger partial charge in [-0.15, -0.1) is 0 Å². The first-order valence-corrected chi connectivity index (χ1v) is 10.6. The van der Waals surface area contributed by atoms with E-state index in [4.69, 9.17) is 0 Å². The minimum Gasteiger partial charge on any atom is -0.0846 e. The summed E-state index contributed by atoms with van der Waals surface area (Å²) in [6.07, 6.45) is 5.45. The summed E-state index contributed by atoms with van der Waals surface area (Å²) in [4.78, 5) is 0. The second-order valence-electron chi connectivity index (χ2n) is 7.77. The molecule has 1 saturated carbocycles. The fourth-order valence-electron chi connectivity index (χ4n) is 4.60. The number of allylic oxidation sites excluding steroid dienone is 2. The van der Waals surface area contributed by atoms with Crippen LogP contribution in [0.1, 0.15) is 33.6 Å². The average molecular weight is 270 g/mol. The highest BCUT2D eigenvalue weighted by atomic mass is 28.3. The summed E-state index contributed by atoms with van der Waals surface area (Å²) in [6.45, 7) is 12.6. The van der Waals surface area contributed by atoms with Gasteiger partial charge in [0.25, 0.3) is 0 Å². The van der Waals surface area contributed by atoms with Gasteiger partial charge in [0.05, 0.1) is 0 Å². The molecule has 2 bridgehead atoms. The van der Waals surface area contributed by atoms with Gasteiger partial charge in [-0.25, -0.2) is 0 Å². The lowest BCUT2D eigenvalue weighted by Crippen LogP contribution is -2.49. The van der Waals surface area contributed by atoms with Crippen LogP contribution >= 0.6 is 0 Å². The van der Waals surface area contributed by atoms with E-state index in [1.807, 2.05) is 5.20 Å². The highest BCUT2D eigenvalue weighted by molar-refractivity contribution is 6.96. The predicted molar refractivity (Wildman–Crippen MR) is 86.3 cm³/mol. The molecule has 2 aliphatic carbocycles. The van der Waals surface area contributed by atoms with Crippen molar-refractivity contribution in [1.29, 1.82) is 0 Å². The molecule has 0 radical (unpaired) electrons. The third kappa shape index (κ3) is 1.57. The molecule has 0 heterocycles. The summed E-state index contributed by atoms with van der Waals surface area (Å²) < 4.78 is 0. The van der Waals surface area contributed by atoms with Crippen LogP contribution in [0.3, 0.4) is 0 Å². The van der Waals surface area contributed by atoms with E-state index in [1.54, 1.807) is 5.19 Å². The topological polar surface area (TPSA) is 0 Å². The van der Waals surface area contributed by atoms with Crippen molar-refractivity contribution in [3.63, 3.8) is 0 Å². The Kier molecular flexibility index (Phi) is 2.67. The molecule has 0 spiro atoms. The van der Waals surface area contributed by atoms with Gasteiger partial charge in [-0.2, -0.15) is 0 Å². The van der Waals surface area contributed by atoms with Gasteiger partial charge in [-0.05, 0) is 29.6 Å². The SMILES string of the molecule is CC1(C)[C@@H]2C=C([Si](C)(C)c3ccccc3)[C@@]1(C)CC2. The first-order chi connectivity index (χ1) is 8.80. The molecule has 0 nitrogen and oxygen atoms in total. The molecule has 0 unspecified atom stereocenters. The number of fused-ring (bicyclic) bond motifs is 2. The molecular formula is C18H26Si. The maximum absolute atomic E-state index is 2.67. The monoisotopic (exact) mass is 270 g/mol. The average Bonchev–Trinajstić information content (AvgIpc) is 2.72. The van der Waals surface area contributed by atoms with Crippen molar-refractivity contribution in [3.05, 3.63) is 41.6 Å². The molecule has 0 amide bonds. The van der Waals surface area contributed by atoms with Crippen molar-refractivity contribution in [2.75, 3.05) is 0 Å². The van der Waals surface area contributed by atoms with Crippen molar-refractivity contribution in [1.82, 2.24) is 0 Å². The highest BCUT2D eigenvalue weighted by Crippen LogP contribution is 2.66. The molecule has 1 aromatic carbocycles. The Hall–Kier alpha value is -0.823. The number of hydrogen-bond acceptors (Lipinski definition) is 0. The molecule has 1 fully saturated rings. The maximum atomic E-state index is 2.67. The van der Waals surface area contributed by atoms with Crippen LogP contribution in [-0.4, -0.2) is 8.07 Å². The summed E-state index contributed by atoms with van der Waals surface area (Å²) in [5.41, 5.74) is 0.893. The van der Waals surface area contributed by atoms with Crippen LogP contribution in [0.2, 0.25) is 13.1 Å². The summed E-state index contributed by atoms with van der Waals surface area (Å²) in [7, 11) is -1.50. The van der Waals surface area contributed by atoms with E-state index in [1.165, 1.54) is 12.8 Å². The van der Waals surface area contributed by atoms with Crippen LogP contribution in [0, 0.1) is 16.7 Å². The Bertz CT molecular complexity index is 524. The van der Waals surface area contributed by atoms with Crippen molar-refractivity contribution in [2.24, 2.45) is 16.7 Å². The van der Waals surface area contributed by atoms with Crippen LogP contribution in [-0.2, 0) is 0 Å². The number of hydrogen-bond donors (Lipinski definition) is 0. The summed E-state index contributed by atoms with van der Waals surface area (Å²) in [5, 5.41) is 3.40. The van der Waals surface area contributed by atoms with E-state index < -0.39 is 8.07 Å². The van der Waals surface area contributed by atoms with Gasteiger partial charge in [0.15, 0.2) is 0 Å². The molecular weight excluding hydrogens is 244 g/mol. The van der Waals surface area contributed by atoms with Gasteiger partial charge in [0.1, 0.15) is 8.07 Å². The molecule has 1 aromatic rings.